The third-order valence-corrected chi connectivity index (χ3v) is 2.79. The number of benzene rings is 1. The summed E-state index contributed by atoms with van der Waals surface area (Å²) in [6.07, 6.45) is 2.33. The zero-order chi connectivity index (χ0) is 11.4. The molecule has 2 rings (SSSR count). The van der Waals surface area contributed by atoms with Gasteiger partial charge in [-0.1, -0.05) is 13.0 Å². The Hall–Kier alpha value is -1.22. The van der Waals surface area contributed by atoms with E-state index >= 15 is 0 Å². The predicted molar refractivity (Wildman–Crippen MR) is 61.9 cm³/mol. The van der Waals surface area contributed by atoms with E-state index in [-0.39, 0.29) is 0 Å². The first kappa shape index (κ1) is 11.3. The molecule has 0 bridgehead atoms. The van der Waals surface area contributed by atoms with Gasteiger partial charge in [0, 0.05) is 0 Å². The first-order valence-corrected chi connectivity index (χ1v) is 5.89. The van der Waals surface area contributed by atoms with Crippen LogP contribution in [0.25, 0.3) is 0 Å². The molecule has 0 amide bonds. The molecule has 1 atom stereocenters. The topological polar surface area (TPSA) is 38.7 Å². The molecule has 3 nitrogen and oxygen atoms in total. The van der Waals surface area contributed by atoms with E-state index in [4.69, 9.17) is 9.47 Å². The van der Waals surface area contributed by atoms with Crippen molar-refractivity contribution < 1.29 is 14.6 Å². The van der Waals surface area contributed by atoms with Crippen LogP contribution < -0.4 is 9.47 Å². The average Bonchev–Trinajstić information content (AvgIpc) is 2.28. The van der Waals surface area contributed by atoms with Gasteiger partial charge in [-0.3, -0.25) is 0 Å². The normalized spacial score (nSPS) is 17.4. The summed E-state index contributed by atoms with van der Waals surface area (Å²) < 4.78 is 11.2. The number of rotatable bonds is 2. The predicted octanol–water partition coefficient (Wildman–Crippen LogP) is 2.68. The van der Waals surface area contributed by atoms with E-state index in [1.54, 1.807) is 0 Å². The molecular formula is C13H18O3. The summed E-state index contributed by atoms with van der Waals surface area (Å²) >= 11 is 0. The zero-order valence-corrected chi connectivity index (χ0v) is 9.61. The summed E-state index contributed by atoms with van der Waals surface area (Å²) in [5.74, 6) is 1.54. The second-order valence-corrected chi connectivity index (χ2v) is 4.03. The van der Waals surface area contributed by atoms with Crippen LogP contribution in [0.1, 0.15) is 37.9 Å². The molecule has 1 heterocycles. The van der Waals surface area contributed by atoms with Gasteiger partial charge in [-0.2, -0.15) is 0 Å². The van der Waals surface area contributed by atoms with Gasteiger partial charge in [0.1, 0.15) is 0 Å². The summed E-state index contributed by atoms with van der Waals surface area (Å²) in [5.41, 5.74) is 0.894. The molecule has 1 N–H and O–H groups in total. The number of aliphatic hydroxyl groups excluding tert-OH is 1. The highest BCUT2D eigenvalue weighted by atomic mass is 16.5. The average molecular weight is 222 g/mol. The van der Waals surface area contributed by atoms with Gasteiger partial charge in [0.15, 0.2) is 11.5 Å². The molecular weight excluding hydrogens is 204 g/mol. The monoisotopic (exact) mass is 222 g/mol. The van der Waals surface area contributed by atoms with Crippen LogP contribution in [-0.2, 0) is 0 Å². The highest BCUT2D eigenvalue weighted by Crippen LogP contribution is 2.32. The van der Waals surface area contributed by atoms with Gasteiger partial charge in [-0.05, 0) is 37.0 Å². The van der Waals surface area contributed by atoms with Crippen molar-refractivity contribution in [2.24, 2.45) is 0 Å². The molecule has 1 unspecified atom stereocenters. The largest absolute Gasteiger partial charge is 0.490 e. The Balaban J connectivity index is 2.24. The minimum atomic E-state index is -0.417. The molecule has 88 valence electrons. The quantitative estimate of drug-likeness (QED) is 0.836. The maximum absolute atomic E-state index is 9.76. The Labute approximate surface area is 96.0 Å². The van der Waals surface area contributed by atoms with E-state index in [9.17, 15) is 5.11 Å². The summed E-state index contributed by atoms with van der Waals surface area (Å²) in [6, 6.07) is 5.67. The minimum Gasteiger partial charge on any atom is -0.490 e. The number of fused-ring (bicyclic) bond motifs is 1. The number of hydrogen-bond acceptors (Lipinski definition) is 3. The van der Waals surface area contributed by atoms with Crippen LogP contribution in [0.4, 0.5) is 0 Å². The van der Waals surface area contributed by atoms with Crippen LogP contribution in [0.5, 0.6) is 11.5 Å². The van der Waals surface area contributed by atoms with Crippen molar-refractivity contribution in [1.82, 2.24) is 0 Å². The lowest BCUT2D eigenvalue weighted by molar-refractivity contribution is 0.172. The Kier molecular flexibility index (Phi) is 3.67. The molecule has 0 saturated carbocycles. The van der Waals surface area contributed by atoms with Crippen LogP contribution in [0.3, 0.4) is 0 Å². The van der Waals surface area contributed by atoms with Gasteiger partial charge in [0.2, 0.25) is 0 Å². The highest BCUT2D eigenvalue weighted by molar-refractivity contribution is 5.43. The minimum absolute atomic E-state index is 0.417. The van der Waals surface area contributed by atoms with Gasteiger partial charge in [-0.15, -0.1) is 0 Å². The van der Waals surface area contributed by atoms with E-state index in [2.05, 4.69) is 0 Å². The first-order chi connectivity index (χ1) is 7.81. The molecule has 1 aromatic carbocycles. The molecule has 0 fully saturated rings. The van der Waals surface area contributed by atoms with Crippen molar-refractivity contribution in [3.8, 4) is 11.5 Å². The van der Waals surface area contributed by atoms with E-state index in [0.717, 1.165) is 43.1 Å². The van der Waals surface area contributed by atoms with Crippen molar-refractivity contribution in [2.45, 2.75) is 32.3 Å². The van der Waals surface area contributed by atoms with Crippen molar-refractivity contribution in [3.05, 3.63) is 23.8 Å². The fraction of sp³-hybridized carbons (Fsp3) is 0.538. The highest BCUT2D eigenvalue weighted by Gasteiger charge is 2.12. The van der Waals surface area contributed by atoms with Crippen LogP contribution in [0, 0.1) is 0 Å². The zero-order valence-electron chi connectivity index (χ0n) is 9.61. The summed E-state index contributed by atoms with van der Waals surface area (Å²) in [7, 11) is 0. The third-order valence-electron chi connectivity index (χ3n) is 2.79. The van der Waals surface area contributed by atoms with Crippen molar-refractivity contribution in [2.75, 3.05) is 13.2 Å². The molecule has 0 spiro atoms. The molecule has 16 heavy (non-hydrogen) atoms. The number of ether oxygens (including phenoxy) is 2. The second kappa shape index (κ2) is 5.21. The van der Waals surface area contributed by atoms with Gasteiger partial charge in [0.05, 0.1) is 19.3 Å². The molecule has 1 aliphatic rings. The standard InChI is InChI=1S/C13H18O3/c1-2-11(14)10-5-6-12-13(9-10)16-8-4-3-7-15-12/h5-6,9,11,14H,2-4,7-8H2,1H3. The lowest BCUT2D eigenvalue weighted by Gasteiger charge is -2.18. The lowest BCUT2D eigenvalue weighted by Crippen LogP contribution is -2.09. The van der Waals surface area contributed by atoms with E-state index in [1.165, 1.54) is 0 Å². The second-order valence-electron chi connectivity index (χ2n) is 4.03. The molecule has 3 heteroatoms. The Morgan fingerprint density at radius 3 is 2.56 bits per heavy atom. The van der Waals surface area contributed by atoms with Crippen LogP contribution in [0.15, 0.2) is 18.2 Å². The maximum atomic E-state index is 9.76. The molecule has 1 aliphatic heterocycles. The fourth-order valence-electron chi connectivity index (χ4n) is 1.77. The Morgan fingerprint density at radius 1 is 1.19 bits per heavy atom. The van der Waals surface area contributed by atoms with Crippen LogP contribution in [0.2, 0.25) is 0 Å². The van der Waals surface area contributed by atoms with Gasteiger partial charge < -0.3 is 14.6 Å². The van der Waals surface area contributed by atoms with Gasteiger partial charge >= 0.3 is 0 Å². The number of hydrogen-bond donors (Lipinski definition) is 1. The van der Waals surface area contributed by atoms with E-state index in [1.807, 2.05) is 25.1 Å². The van der Waals surface area contributed by atoms with Crippen molar-refractivity contribution >= 4 is 0 Å². The third kappa shape index (κ3) is 2.47. The van der Waals surface area contributed by atoms with Gasteiger partial charge in [0.25, 0.3) is 0 Å². The van der Waals surface area contributed by atoms with Crippen LogP contribution >= 0.6 is 0 Å². The summed E-state index contributed by atoms with van der Waals surface area (Å²) in [5, 5.41) is 9.76. The fourth-order valence-corrected chi connectivity index (χ4v) is 1.77. The first-order valence-electron chi connectivity index (χ1n) is 5.89. The molecule has 0 aromatic heterocycles. The summed E-state index contributed by atoms with van der Waals surface area (Å²) in [4.78, 5) is 0. The van der Waals surface area contributed by atoms with Crippen molar-refractivity contribution in [3.63, 3.8) is 0 Å². The SMILES string of the molecule is CCC(O)c1ccc2c(c1)OCCCCO2. The lowest BCUT2D eigenvalue weighted by atomic mass is 10.1. The maximum Gasteiger partial charge on any atom is 0.161 e. The molecule has 0 saturated heterocycles. The number of aliphatic hydroxyl groups is 1. The van der Waals surface area contributed by atoms with E-state index in [0.29, 0.717) is 6.42 Å². The molecule has 0 aliphatic carbocycles. The van der Waals surface area contributed by atoms with E-state index < -0.39 is 6.10 Å². The Morgan fingerprint density at radius 2 is 1.88 bits per heavy atom. The molecule has 0 radical (unpaired) electrons. The van der Waals surface area contributed by atoms with Gasteiger partial charge in [-0.25, -0.2) is 0 Å². The van der Waals surface area contributed by atoms with Crippen molar-refractivity contribution in [1.29, 1.82) is 0 Å². The summed E-state index contributed by atoms with van der Waals surface area (Å²) in [6.45, 7) is 3.42. The van der Waals surface area contributed by atoms with Crippen LogP contribution in [-0.4, -0.2) is 18.3 Å². The smallest absolute Gasteiger partial charge is 0.161 e. The molecule has 1 aromatic rings. The Bertz CT molecular complexity index is 349.